The molecule has 20 heavy (non-hydrogen) atoms. The van der Waals surface area contributed by atoms with E-state index in [1.54, 1.807) is 18.7 Å². The van der Waals surface area contributed by atoms with Crippen molar-refractivity contribution < 1.29 is 14.1 Å². The molecule has 0 spiro atoms. The molecule has 6 heteroatoms. The highest BCUT2D eigenvalue weighted by Crippen LogP contribution is 2.16. The fraction of sp³-hybridized carbons (Fsp3) is 0.643. The summed E-state index contributed by atoms with van der Waals surface area (Å²) in [5, 5.41) is 3.81. The number of carbonyl (C=O) groups excluding carboxylic acids is 2. The van der Waals surface area contributed by atoms with Crippen molar-refractivity contribution in [1.82, 2.24) is 15.0 Å². The monoisotopic (exact) mass is 279 g/mol. The van der Waals surface area contributed by atoms with Gasteiger partial charge < -0.3 is 14.3 Å². The lowest BCUT2D eigenvalue weighted by atomic mass is 10.1. The Bertz CT molecular complexity index is 482. The van der Waals surface area contributed by atoms with Crippen molar-refractivity contribution in [3.63, 3.8) is 0 Å². The SMILES string of the molecule is CCCC(=O)N1CCN(C(=O)c2c(C)noc2C)CC1. The van der Waals surface area contributed by atoms with Crippen molar-refractivity contribution in [3.8, 4) is 0 Å². The van der Waals surface area contributed by atoms with E-state index in [1.165, 1.54) is 0 Å². The zero-order valence-electron chi connectivity index (χ0n) is 12.3. The van der Waals surface area contributed by atoms with Crippen LogP contribution in [0.15, 0.2) is 4.52 Å². The van der Waals surface area contributed by atoms with E-state index in [1.807, 2.05) is 11.8 Å². The summed E-state index contributed by atoms with van der Waals surface area (Å²) in [4.78, 5) is 27.8. The molecule has 2 rings (SSSR count). The third kappa shape index (κ3) is 2.84. The standard InChI is InChI=1S/C14H21N3O3/c1-4-5-12(18)16-6-8-17(9-7-16)14(19)13-10(2)15-20-11(13)3/h4-9H2,1-3H3. The minimum absolute atomic E-state index is 0.0520. The Hall–Kier alpha value is -1.85. The molecule has 1 aliphatic rings. The summed E-state index contributed by atoms with van der Waals surface area (Å²) >= 11 is 0. The number of amides is 2. The van der Waals surface area contributed by atoms with E-state index in [4.69, 9.17) is 4.52 Å². The lowest BCUT2D eigenvalue weighted by Gasteiger charge is -2.34. The van der Waals surface area contributed by atoms with Gasteiger partial charge in [-0.3, -0.25) is 9.59 Å². The summed E-state index contributed by atoms with van der Waals surface area (Å²) in [6, 6.07) is 0. The van der Waals surface area contributed by atoms with Gasteiger partial charge in [0.05, 0.1) is 5.69 Å². The number of carbonyl (C=O) groups is 2. The van der Waals surface area contributed by atoms with Gasteiger partial charge in [-0.15, -0.1) is 0 Å². The Morgan fingerprint density at radius 1 is 1.15 bits per heavy atom. The maximum Gasteiger partial charge on any atom is 0.259 e. The van der Waals surface area contributed by atoms with Crippen LogP contribution in [0.4, 0.5) is 0 Å². The molecule has 6 nitrogen and oxygen atoms in total. The zero-order chi connectivity index (χ0) is 14.7. The van der Waals surface area contributed by atoms with Crippen molar-refractivity contribution in [3.05, 3.63) is 17.0 Å². The topological polar surface area (TPSA) is 66.7 Å². The van der Waals surface area contributed by atoms with Crippen LogP contribution in [0.1, 0.15) is 41.6 Å². The first-order valence-corrected chi connectivity index (χ1v) is 7.04. The molecule has 1 saturated heterocycles. The summed E-state index contributed by atoms with van der Waals surface area (Å²) in [7, 11) is 0. The fourth-order valence-corrected chi connectivity index (χ4v) is 2.48. The van der Waals surface area contributed by atoms with Crippen molar-refractivity contribution in [2.75, 3.05) is 26.2 Å². The molecule has 1 aliphatic heterocycles. The van der Waals surface area contributed by atoms with Gasteiger partial charge >= 0.3 is 0 Å². The van der Waals surface area contributed by atoms with Crippen molar-refractivity contribution in [2.45, 2.75) is 33.6 Å². The van der Waals surface area contributed by atoms with Crippen LogP contribution in [0.5, 0.6) is 0 Å². The van der Waals surface area contributed by atoms with Gasteiger partial charge in [0.15, 0.2) is 0 Å². The first kappa shape index (κ1) is 14.6. The Labute approximate surface area is 118 Å². The summed E-state index contributed by atoms with van der Waals surface area (Å²) in [5.74, 6) is 0.678. The fourth-order valence-electron chi connectivity index (χ4n) is 2.48. The van der Waals surface area contributed by atoms with E-state index >= 15 is 0 Å². The molecular weight excluding hydrogens is 258 g/mol. The summed E-state index contributed by atoms with van der Waals surface area (Å²) in [6.07, 6.45) is 1.44. The summed E-state index contributed by atoms with van der Waals surface area (Å²) in [5.41, 5.74) is 1.18. The van der Waals surface area contributed by atoms with E-state index in [9.17, 15) is 9.59 Å². The molecule has 0 radical (unpaired) electrons. The van der Waals surface area contributed by atoms with Gasteiger partial charge in [0.2, 0.25) is 5.91 Å². The Morgan fingerprint density at radius 3 is 2.25 bits per heavy atom. The van der Waals surface area contributed by atoms with E-state index in [0.29, 0.717) is 49.6 Å². The van der Waals surface area contributed by atoms with Crippen molar-refractivity contribution in [2.24, 2.45) is 0 Å². The molecule has 0 saturated carbocycles. The molecule has 1 fully saturated rings. The maximum atomic E-state index is 12.4. The normalized spacial score (nSPS) is 15.6. The van der Waals surface area contributed by atoms with Crippen molar-refractivity contribution >= 4 is 11.8 Å². The van der Waals surface area contributed by atoms with Crippen LogP contribution >= 0.6 is 0 Å². The molecule has 110 valence electrons. The van der Waals surface area contributed by atoms with Gasteiger partial charge in [-0.2, -0.15) is 0 Å². The Balaban J connectivity index is 1.97. The van der Waals surface area contributed by atoms with Crippen LogP contribution in [0.3, 0.4) is 0 Å². The number of hydrogen-bond acceptors (Lipinski definition) is 4. The molecular formula is C14H21N3O3. The molecule has 0 bridgehead atoms. The van der Waals surface area contributed by atoms with Gasteiger partial charge in [0.1, 0.15) is 11.3 Å². The minimum atomic E-state index is -0.0520. The number of aromatic nitrogens is 1. The highest BCUT2D eigenvalue weighted by atomic mass is 16.5. The van der Waals surface area contributed by atoms with Crippen molar-refractivity contribution in [1.29, 1.82) is 0 Å². The summed E-state index contributed by atoms with van der Waals surface area (Å²) < 4.78 is 5.04. The Kier molecular flexibility index (Phi) is 4.42. The molecule has 0 N–H and O–H groups in total. The zero-order valence-corrected chi connectivity index (χ0v) is 12.3. The van der Waals surface area contributed by atoms with Gasteiger partial charge in [0.25, 0.3) is 5.91 Å². The highest BCUT2D eigenvalue weighted by molar-refractivity contribution is 5.96. The molecule has 0 aromatic carbocycles. The largest absolute Gasteiger partial charge is 0.361 e. The molecule has 1 aromatic rings. The summed E-state index contributed by atoms with van der Waals surface area (Å²) in [6.45, 7) is 7.85. The number of aryl methyl sites for hydroxylation is 2. The molecule has 0 atom stereocenters. The molecule has 0 unspecified atom stereocenters. The third-order valence-corrected chi connectivity index (χ3v) is 3.63. The van der Waals surface area contributed by atoms with Gasteiger partial charge in [-0.1, -0.05) is 12.1 Å². The predicted octanol–water partition coefficient (Wildman–Crippen LogP) is 1.38. The quantitative estimate of drug-likeness (QED) is 0.838. The lowest BCUT2D eigenvalue weighted by Crippen LogP contribution is -2.50. The molecule has 2 heterocycles. The molecule has 1 aromatic heterocycles. The number of hydrogen-bond donors (Lipinski definition) is 0. The number of nitrogens with zero attached hydrogens (tertiary/aromatic N) is 3. The van der Waals surface area contributed by atoms with Crippen LogP contribution in [0.2, 0.25) is 0 Å². The highest BCUT2D eigenvalue weighted by Gasteiger charge is 2.27. The first-order chi connectivity index (χ1) is 9.54. The number of rotatable bonds is 3. The van der Waals surface area contributed by atoms with Crippen LogP contribution in [0.25, 0.3) is 0 Å². The third-order valence-electron chi connectivity index (χ3n) is 3.63. The van der Waals surface area contributed by atoms with Gasteiger partial charge in [0, 0.05) is 32.6 Å². The molecule has 2 amide bonds. The second kappa shape index (κ2) is 6.07. The minimum Gasteiger partial charge on any atom is -0.361 e. The molecule has 0 aliphatic carbocycles. The van der Waals surface area contributed by atoms with Gasteiger partial charge in [-0.05, 0) is 20.3 Å². The van der Waals surface area contributed by atoms with E-state index in [-0.39, 0.29) is 11.8 Å². The van der Waals surface area contributed by atoms with Gasteiger partial charge in [-0.25, -0.2) is 0 Å². The van der Waals surface area contributed by atoms with Crippen LogP contribution in [-0.4, -0.2) is 52.9 Å². The first-order valence-electron chi connectivity index (χ1n) is 7.04. The van der Waals surface area contributed by atoms with Crippen LogP contribution < -0.4 is 0 Å². The van der Waals surface area contributed by atoms with E-state index in [2.05, 4.69) is 5.16 Å². The predicted molar refractivity (Wildman–Crippen MR) is 73.4 cm³/mol. The van der Waals surface area contributed by atoms with Crippen LogP contribution in [-0.2, 0) is 4.79 Å². The second-order valence-corrected chi connectivity index (χ2v) is 5.12. The maximum absolute atomic E-state index is 12.4. The van der Waals surface area contributed by atoms with Crippen LogP contribution in [0, 0.1) is 13.8 Å². The second-order valence-electron chi connectivity index (χ2n) is 5.12. The average molecular weight is 279 g/mol. The Morgan fingerprint density at radius 2 is 1.75 bits per heavy atom. The lowest BCUT2D eigenvalue weighted by molar-refractivity contribution is -0.132. The average Bonchev–Trinajstić information content (AvgIpc) is 2.78. The smallest absolute Gasteiger partial charge is 0.259 e. The van der Waals surface area contributed by atoms with E-state index < -0.39 is 0 Å². The van der Waals surface area contributed by atoms with E-state index in [0.717, 1.165) is 6.42 Å². The number of piperazine rings is 1.